The second-order valence-corrected chi connectivity index (χ2v) is 7.65. The summed E-state index contributed by atoms with van der Waals surface area (Å²) in [6.45, 7) is 0.501. The van der Waals surface area contributed by atoms with Gasteiger partial charge in [-0.2, -0.15) is 0 Å². The predicted molar refractivity (Wildman–Crippen MR) is 87.6 cm³/mol. The molecule has 0 saturated carbocycles. The number of nitrogens with zero attached hydrogens (tertiary/aromatic N) is 2. The molecule has 2 aliphatic rings. The molecular weight excluding hydrogens is 350 g/mol. The van der Waals surface area contributed by atoms with Gasteiger partial charge in [0.15, 0.2) is 6.61 Å². The van der Waals surface area contributed by atoms with Crippen molar-refractivity contribution in [3.05, 3.63) is 29.8 Å². The molecule has 10 heteroatoms. The molecule has 0 spiro atoms. The first kappa shape index (κ1) is 17.2. The summed E-state index contributed by atoms with van der Waals surface area (Å²) in [4.78, 5) is 36.1. The lowest BCUT2D eigenvalue weighted by Gasteiger charge is -2.17. The minimum Gasteiger partial charge on any atom is -0.452 e. The number of carbonyl (C=O) groups excluding carboxylic acids is 3. The summed E-state index contributed by atoms with van der Waals surface area (Å²) in [5.41, 5.74) is 0.679. The summed E-state index contributed by atoms with van der Waals surface area (Å²) in [7, 11) is -3.28. The van der Waals surface area contributed by atoms with Crippen LogP contribution in [0.3, 0.4) is 0 Å². The van der Waals surface area contributed by atoms with Crippen LogP contribution >= 0.6 is 0 Å². The second-order valence-electron chi connectivity index (χ2n) is 5.64. The van der Waals surface area contributed by atoms with Gasteiger partial charge in [0.1, 0.15) is 0 Å². The van der Waals surface area contributed by atoms with E-state index in [2.05, 4.69) is 5.32 Å². The second kappa shape index (κ2) is 6.71. The summed E-state index contributed by atoms with van der Waals surface area (Å²) in [6.07, 6.45) is 0.568. The number of amides is 3. The normalized spacial score (nSPS) is 19.0. The van der Waals surface area contributed by atoms with Gasteiger partial charge in [-0.15, -0.1) is 0 Å². The lowest BCUT2D eigenvalue weighted by Crippen LogP contribution is -2.37. The van der Waals surface area contributed by atoms with Crippen LogP contribution in [0, 0.1) is 0 Å². The van der Waals surface area contributed by atoms with Crippen molar-refractivity contribution in [3.63, 3.8) is 0 Å². The number of hydrogen-bond acceptors (Lipinski definition) is 6. The SMILES string of the molecule is O=C(OCC(=O)N1CCNC1=O)c1ccc(N2CCCS2(=O)=O)cc1. The molecular formula is C15H17N3O6S. The van der Waals surface area contributed by atoms with E-state index in [0.29, 0.717) is 25.2 Å². The molecule has 3 amide bonds. The molecule has 0 radical (unpaired) electrons. The van der Waals surface area contributed by atoms with Crippen molar-refractivity contribution in [2.24, 2.45) is 0 Å². The number of esters is 1. The minimum absolute atomic E-state index is 0.114. The number of ether oxygens (including phenoxy) is 1. The number of rotatable bonds is 4. The number of hydrogen-bond donors (Lipinski definition) is 1. The summed E-state index contributed by atoms with van der Waals surface area (Å²) < 4.78 is 30.0. The fourth-order valence-electron chi connectivity index (χ4n) is 2.69. The molecule has 0 atom stereocenters. The monoisotopic (exact) mass is 367 g/mol. The highest BCUT2D eigenvalue weighted by Crippen LogP contribution is 2.24. The topological polar surface area (TPSA) is 113 Å². The predicted octanol–water partition coefficient (Wildman–Crippen LogP) is -0.0649. The standard InChI is InChI=1S/C15H17N3O6S/c19-13(17-8-6-16-15(17)21)10-24-14(20)11-2-4-12(5-3-11)18-7-1-9-25(18,22)23/h2-5H,1,6-10H2,(H,16,21). The van der Waals surface area contributed by atoms with E-state index in [-0.39, 0.29) is 17.9 Å². The highest BCUT2D eigenvalue weighted by molar-refractivity contribution is 7.93. The summed E-state index contributed by atoms with van der Waals surface area (Å²) in [5, 5.41) is 2.48. The number of carbonyl (C=O) groups is 3. The Labute approximate surface area is 144 Å². The van der Waals surface area contributed by atoms with E-state index in [9.17, 15) is 22.8 Å². The van der Waals surface area contributed by atoms with Gasteiger partial charge in [0.2, 0.25) is 10.0 Å². The van der Waals surface area contributed by atoms with E-state index in [4.69, 9.17) is 4.74 Å². The van der Waals surface area contributed by atoms with Gasteiger partial charge in [-0.3, -0.25) is 14.0 Å². The zero-order valence-electron chi connectivity index (χ0n) is 13.3. The van der Waals surface area contributed by atoms with Gasteiger partial charge in [0, 0.05) is 19.6 Å². The van der Waals surface area contributed by atoms with Gasteiger partial charge in [-0.1, -0.05) is 0 Å². The van der Waals surface area contributed by atoms with Crippen molar-refractivity contribution in [2.75, 3.05) is 36.3 Å². The third kappa shape index (κ3) is 3.58. The number of sulfonamides is 1. The van der Waals surface area contributed by atoms with Gasteiger partial charge in [-0.25, -0.2) is 18.0 Å². The number of nitrogens with one attached hydrogen (secondary N) is 1. The molecule has 9 nitrogen and oxygen atoms in total. The van der Waals surface area contributed by atoms with E-state index in [1.165, 1.54) is 28.6 Å². The third-order valence-corrected chi connectivity index (χ3v) is 5.84. The van der Waals surface area contributed by atoms with Crippen molar-refractivity contribution < 1.29 is 27.5 Å². The highest BCUT2D eigenvalue weighted by Gasteiger charge is 2.29. The van der Waals surface area contributed by atoms with Gasteiger partial charge in [0.05, 0.1) is 17.0 Å². The Balaban J connectivity index is 1.59. The Hall–Kier alpha value is -2.62. The van der Waals surface area contributed by atoms with Crippen LogP contribution in [0.2, 0.25) is 0 Å². The fourth-order valence-corrected chi connectivity index (χ4v) is 4.26. The maximum absolute atomic E-state index is 12.0. The van der Waals surface area contributed by atoms with Crippen molar-refractivity contribution >= 4 is 33.6 Å². The van der Waals surface area contributed by atoms with E-state index in [0.717, 1.165) is 4.90 Å². The molecule has 0 bridgehead atoms. The molecule has 1 N–H and O–H groups in total. The fraction of sp³-hybridized carbons (Fsp3) is 0.400. The molecule has 2 fully saturated rings. The van der Waals surface area contributed by atoms with Crippen molar-refractivity contribution in [3.8, 4) is 0 Å². The van der Waals surface area contributed by atoms with E-state index in [1.54, 1.807) is 0 Å². The van der Waals surface area contributed by atoms with Gasteiger partial charge in [0.25, 0.3) is 5.91 Å². The molecule has 0 aromatic heterocycles. The maximum atomic E-state index is 12.0. The molecule has 0 aliphatic carbocycles. The first-order chi connectivity index (χ1) is 11.9. The number of anilines is 1. The van der Waals surface area contributed by atoms with Crippen molar-refractivity contribution in [2.45, 2.75) is 6.42 Å². The number of urea groups is 1. The first-order valence-corrected chi connectivity index (χ1v) is 9.35. The molecule has 1 aromatic rings. The Morgan fingerprint density at radius 3 is 2.44 bits per heavy atom. The molecule has 2 saturated heterocycles. The van der Waals surface area contributed by atoms with Gasteiger partial charge < -0.3 is 10.1 Å². The Morgan fingerprint density at radius 1 is 1.16 bits per heavy atom. The van der Waals surface area contributed by atoms with E-state index < -0.39 is 34.5 Å². The van der Waals surface area contributed by atoms with Crippen molar-refractivity contribution in [1.82, 2.24) is 10.2 Å². The molecule has 3 rings (SSSR count). The molecule has 25 heavy (non-hydrogen) atoms. The maximum Gasteiger partial charge on any atom is 0.338 e. The average Bonchev–Trinajstić information content (AvgIpc) is 3.17. The zero-order valence-corrected chi connectivity index (χ0v) is 14.1. The minimum atomic E-state index is -3.28. The summed E-state index contributed by atoms with van der Waals surface area (Å²) >= 11 is 0. The van der Waals surface area contributed by atoms with Crippen LogP contribution in [0.4, 0.5) is 10.5 Å². The van der Waals surface area contributed by atoms with Gasteiger partial charge >= 0.3 is 12.0 Å². The Morgan fingerprint density at radius 2 is 1.88 bits per heavy atom. The molecule has 0 unspecified atom stereocenters. The molecule has 1 aromatic carbocycles. The van der Waals surface area contributed by atoms with Crippen LogP contribution < -0.4 is 9.62 Å². The number of imide groups is 1. The van der Waals surface area contributed by atoms with E-state index >= 15 is 0 Å². The molecule has 2 aliphatic heterocycles. The van der Waals surface area contributed by atoms with Crippen LogP contribution in [-0.4, -0.2) is 63.2 Å². The Kier molecular flexibility index (Phi) is 4.62. The van der Waals surface area contributed by atoms with Crippen molar-refractivity contribution in [1.29, 1.82) is 0 Å². The third-order valence-electron chi connectivity index (χ3n) is 3.97. The van der Waals surface area contributed by atoms with Crippen LogP contribution in [0.5, 0.6) is 0 Å². The summed E-state index contributed by atoms with van der Waals surface area (Å²) in [5.74, 6) is -1.20. The van der Waals surface area contributed by atoms with Crippen LogP contribution in [0.25, 0.3) is 0 Å². The quantitative estimate of drug-likeness (QED) is 0.746. The van der Waals surface area contributed by atoms with Crippen LogP contribution in [-0.2, 0) is 19.6 Å². The summed E-state index contributed by atoms with van der Waals surface area (Å²) in [6, 6.07) is 5.43. The highest BCUT2D eigenvalue weighted by atomic mass is 32.2. The van der Waals surface area contributed by atoms with E-state index in [1.807, 2.05) is 0 Å². The molecule has 2 heterocycles. The first-order valence-electron chi connectivity index (χ1n) is 7.74. The smallest absolute Gasteiger partial charge is 0.338 e. The zero-order chi connectivity index (χ0) is 18.0. The average molecular weight is 367 g/mol. The van der Waals surface area contributed by atoms with Crippen LogP contribution in [0.1, 0.15) is 16.8 Å². The van der Waals surface area contributed by atoms with Gasteiger partial charge in [-0.05, 0) is 30.7 Å². The number of benzene rings is 1. The lowest BCUT2D eigenvalue weighted by atomic mass is 10.2. The van der Waals surface area contributed by atoms with Crippen LogP contribution in [0.15, 0.2) is 24.3 Å². The molecule has 134 valence electrons. The Bertz CT molecular complexity index is 805. The lowest BCUT2D eigenvalue weighted by molar-refractivity contribution is -0.130. The largest absolute Gasteiger partial charge is 0.452 e.